The second-order valence-electron chi connectivity index (χ2n) is 3.84. The SMILES string of the molecule is N#Cc1ccc(NCCNC2CC2)cc1. The van der Waals surface area contributed by atoms with Gasteiger partial charge in [0.15, 0.2) is 0 Å². The molecule has 0 heterocycles. The third-order valence-electron chi connectivity index (χ3n) is 2.48. The molecule has 3 heteroatoms. The van der Waals surface area contributed by atoms with Crippen LogP contribution < -0.4 is 10.6 Å². The van der Waals surface area contributed by atoms with Crippen molar-refractivity contribution in [3.05, 3.63) is 29.8 Å². The minimum absolute atomic E-state index is 0.705. The molecule has 0 aliphatic heterocycles. The fourth-order valence-corrected chi connectivity index (χ4v) is 1.43. The summed E-state index contributed by atoms with van der Waals surface area (Å²) in [5, 5.41) is 15.4. The highest BCUT2D eigenvalue weighted by molar-refractivity contribution is 5.47. The van der Waals surface area contributed by atoms with Crippen LogP contribution in [0.2, 0.25) is 0 Å². The molecule has 0 amide bonds. The smallest absolute Gasteiger partial charge is 0.0991 e. The van der Waals surface area contributed by atoms with Crippen molar-refractivity contribution in [3.8, 4) is 6.07 Å². The van der Waals surface area contributed by atoms with Crippen molar-refractivity contribution < 1.29 is 0 Å². The number of hydrogen-bond donors (Lipinski definition) is 2. The van der Waals surface area contributed by atoms with Gasteiger partial charge in [-0.15, -0.1) is 0 Å². The second kappa shape index (κ2) is 4.81. The molecule has 0 bridgehead atoms. The van der Waals surface area contributed by atoms with Crippen molar-refractivity contribution in [1.29, 1.82) is 5.26 Å². The van der Waals surface area contributed by atoms with Gasteiger partial charge >= 0.3 is 0 Å². The Balaban J connectivity index is 1.70. The van der Waals surface area contributed by atoms with Crippen molar-refractivity contribution in [1.82, 2.24) is 5.32 Å². The Morgan fingerprint density at radius 1 is 1.20 bits per heavy atom. The summed E-state index contributed by atoms with van der Waals surface area (Å²) in [5.74, 6) is 0. The van der Waals surface area contributed by atoms with Crippen LogP contribution in [0.4, 0.5) is 5.69 Å². The van der Waals surface area contributed by atoms with Gasteiger partial charge in [0.25, 0.3) is 0 Å². The van der Waals surface area contributed by atoms with Crippen LogP contribution in [-0.4, -0.2) is 19.1 Å². The highest BCUT2D eigenvalue weighted by Gasteiger charge is 2.19. The molecule has 0 spiro atoms. The summed E-state index contributed by atoms with van der Waals surface area (Å²) < 4.78 is 0. The summed E-state index contributed by atoms with van der Waals surface area (Å²) in [6.45, 7) is 1.94. The molecule has 0 saturated heterocycles. The summed E-state index contributed by atoms with van der Waals surface area (Å²) in [6, 6.07) is 10.4. The Bertz CT molecular complexity index is 346. The van der Waals surface area contributed by atoms with Gasteiger partial charge in [0.2, 0.25) is 0 Å². The third kappa shape index (κ3) is 3.26. The molecule has 0 atom stereocenters. The minimum Gasteiger partial charge on any atom is -0.384 e. The van der Waals surface area contributed by atoms with Crippen LogP contribution in [0.1, 0.15) is 18.4 Å². The maximum Gasteiger partial charge on any atom is 0.0991 e. The van der Waals surface area contributed by atoms with Crippen LogP contribution in [0.15, 0.2) is 24.3 Å². The maximum absolute atomic E-state index is 8.63. The largest absolute Gasteiger partial charge is 0.384 e. The van der Waals surface area contributed by atoms with E-state index < -0.39 is 0 Å². The molecule has 1 aromatic carbocycles. The van der Waals surface area contributed by atoms with E-state index in [1.54, 1.807) is 0 Å². The Hall–Kier alpha value is -1.53. The molecule has 0 radical (unpaired) electrons. The van der Waals surface area contributed by atoms with Crippen LogP contribution in [0.3, 0.4) is 0 Å². The molecule has 3 nitrogen and oxygen atoms in total. The molecule has 0 aromatic heterocycles. The molecule has 2 rings (SSSR count). The molecule has 15 heavy (non-hydrogen) atoms. The fourth-order valence-electron chi connectivity index (χ4n) is 1.43. The zero-order chi connectivity index (χ0) is 10.5. The average Bonchev–Trinajstić information content (AvgIpc) is 3.09. The van der Waals surface area contributed by atoms with Gasteiger partial charge in [-0.05, 0) is 37.1 Å². The van der Waals surface area contributed by atoms with E-state index >= 15 is 0 Å². The van der Waals surface area contributed by atoms with Crippen molar-refractivity contribution in [2.75, 3.05) is 18.4 Å². The Labute approximate surface area is 90.1 Å². The molecule has 78 valence electrons. The summed E-state index contributed by atoms with van der Waals surface area (Å²) in [7, 11) is 0. The number of nitrogens with zero attached hydrogens (tertiary/aromatic N) is 1. The van der Waals surface area contributed by atoms with Gasteiger partial charge < -0.3 is 10.6 Å². The standard InChI is InChI=1S/C12H15N3/c13-9-10-1-3-11(4-2-10)14-7-8-15-12-5-6-12/h1-4,12,14-15H,5-8H2. The predicted octanol–water partition coefficient (Wildman–Crippen LogP) is 1.72. The molecule has 2 N–H and O–H groups in total. The first-order valence-corrected chi connectivity index (χ1v) is 5.36. The number of benzene rings is 1. The molecule has 1 aromatic rings. The quantitative estimate of drug-likeness (QED) is 0.713. The average molecular weight is 201 g/mol. The highest BCUT2D eigenvalue weighted by Crippen LogP contribution is 2.18. The number of rotatable bonds is 5. The van der Waals surface area contributed by atoms with E-state index in [2.05, 4.69) is 16.7 Å². The van der Waals surface area contributed by atoms with Gasteiger partial charge in [0.1, 0.15) is 0 Å². The summed E-state index contributed by atoms with van der Waals surface area (Å²) in [6.07, 6.45) is 2.66. The van der Waals surface area contributed by atoms with Crippen molar-refractivity contribution in [3.63, 3.8) is 0 Å². The zero-order valence-electron chi connectivity index (χ0n) is 8.66. The van der Waals surface area contributed by atoms with Crippen LogP contribution >= 0.6 is 0 Å². The predicted molar refractivity (Wildman–Crippen MR) is 60.7 cm³/mol. The normalized spacial score (nSPS) is 14.6. The van der Waals surface area contributed by atoms with Crippen LogP contribution in [0, 0.1) is 11.3 Å². The first-order chi connectivity index (χ1) is 7.38. The van der Waals surface area contributed by atoms with E-state index in [0.29, 0.717) is 5.56 Å². The van der Waals surface area contributed by atoms with E-state index in [4.69, 9.17) is 5.26 Å². The number of anilines is 1. The highest BCUT2D eigenvalue weighted by atomic mass is 15.0. The number of hydrogen-bond acceptors (Lipinski definition) is 3. The van der Waals surface area contributed by atoms with Crippen molar-refractivity contribution in [2.45, 2.75) is 18.9 Å². The Kier molecular flexibility index (Phi) is 3.21. The lowest BCUT2D eigenvalue weighted by atomic mass is 10.2. The lowest BCUT2D eigenvalue weighted by molar-refractivity contribution is 0.701. The number of nitriles is 1. The Morgan fingerprint density at radius 3 is 2.53 bits per heavy atom. The monoisotopic (exact) mass is 201 g/mol. The molecular formula is C12H15N3. The molecule has 1 fully saturated rings. The van der Waals surface area contributed by atoms with Crippen molar-refractivity contribution in [2.24, 2.45) is 0 Å². The first-order valence-electron chi connectivity index (χ1n) is 5.36. The topological polar surface area (TPSA) is 47.9 Å². The molecule has 1 saturated carbocycles. The van der Waals surface area contributed by atoms with Gasteiger partial charge in [0, 0.05) is 24.8 Å². The molecular weight excluding hydrogens is 186 g/mol. The van der Waals surface area contributed by atoms with Gasteiger partial charge in [-0.25, -0.2) is 0 Å². The van der Waals surface area contributed by atoms with Gasteiger partial charge in [-0.2, -0.15) is 5.26 Å². The van der Waals surface area contributed by atoms with E-state index in [9.17, 15) is 0 Å². The van der Waals surface area contributed by atoms with Crippen LogP contribution in [0.25, 0.3) is 0 Å². The van der Waals surface area contributed by atoms with Gasteiger partial charge in [-0.1, -0.05) is 0 Å². The Morgan fingerprint density at radius 2 is 1.93 bits per heavy atom. The lowest BCUT2D eigenvalue weighted by Crippen LogP contribution is -2.23. The van der Waals surface area contributed by atoms with Crippen molar-refractivity contribution >= 4 is 5.69 Å². The molecule has 1 aliphatic rings. The maximum atomic E-state index is 8.63. The van der Waals surface area contributed by atoms with E-state index in [1.165, 1.54) is 12.8 Å². The van der Waals surface area contributed by atoms with Gasteiger partial charge in [-0.3, -0.25) is 0 Å². The van der Waals surface area contributed by atoms with Crippen LogP contribution in [0.5, 0.6) is 0 Å². The minimum atomic E-state index is 0.705. The van der Waals surface area contributed by atoms with E-state index in [1.807, 2.05) is 24.3 Å². The molecule has 0 unspecified atom stereocenters. The zero-order valence-corrected chi connectivity index (χ0v) is 8.66. The van der Waals surface area contributed by atoms with Gasteiger partial charge in [0.05, 0.1) is 11.6 Å². The first kappa shape index (κ1) is 10.0. The lowest BCUT2D eigenvalue weighted by Gasteiger charge is -2.06. The second-order valence-corrected chi connectivity index (χ2v) is 3.84. The molecule has 1 aliphatic carbocycles. The third-order valence-corrected chi connectivity index (χ3v) is 2.48. The number of nitrogens with one attached hydrogen (secondary N) is 2. The fraction of sp³-hybridized carbons (Fsp3) is 0.417. The van der Waals surface area contributed by atoms with E-state index in [0.717, 1.165) is 24.8 Å². The van der Waals surface area contributed by atoms with E-state index in [-0.39, 0.29) is 0 Å². The summed E-state index contributed by atoms with van der Waals surface area (Å²) in [5.41, 5.74) is 1.78. The van der Waals surface area contributed by atoms with Crippen LogP contribution in [-0.2, 0) is 0 Å². The summed E-state index contributed by atoms with van der Waals surface area (Å²) >= 11 is 0. The summed E-state index contributed by atoms with van der Waals surface area (Å²) in [4.78, 5) is 0.